The van der Waals surface area contributed by atoms with E-state index in [1.54, 1.807) is 12.1 Å². The zero-order chi connectivity index (χ0) is 14.6. The van der Waals surface area contributed by atoms with E-state index in [9.17, 15) is 8.42 Å². The first-order chi connectivity index (χ1) is 8.84. The second-order valence-corrected chi connectivity index (χ2v) is 7.35. The van der Waals surface area contributed by atoms with Crippen LogP contribution in [-0.2, 0) is 16.6 Å². The lowest BCUT2D eigenvalue weighted by atomic mass is 10.2. The van der Waals surface area contributed by atoms with Gasteiger partial charge in [0.25, 0.3) is 0 Å². The van der Waals surface area contributed by atoms with Crippen LogP contribution in [0.15, 0.2) is 27.6 Å². The van der Waals surface area contributed by atoms with Crippen molar-refractivity contribution in [1.29, 1.82) is 0 Å². The predicted octanol–water partition coefficient (Wildman–Crippen LogP) is 2.75. The van der Waals surface area contributed by atoms with Gasteiger partial charge in [0.1, 0.15) is 0 Å². The summed E-state index contributed by atoms with van der Waals surface area (Å²) >= 11 is 3.28. The third-order valence-corrected chi connectivity index (χ3v) is 5.85. The summed E-state index contributed by atoms with van der Waals surface area (Å²) < 4.78 is 27.3. The Morgan fingerprint density at radius 3 is 2.47 bits per heavy atom. The Labute approximate surface area is 123 Å². The maximum absolute atomic E-state index is 12.7. The van der Waals surface area contributed by atoms with Crippen LogP contribution in [0.1, 0.15) is 32.8 Å². The van der Waals surface area contributed by atoms with Crippen molar-refractivity contribution in [1.82, 2.24) is 4.31 Å². The molecule has 108 valence electrons. The molecule has 1 aromatic rings. The van der Waals surface area contributed by atoms with Crippen LogP contribution in [0.25, 0.3) is 0 Å². The fourth-order valence-electron chi connectivity index (χ4n) is 1.85. The summed E-state index contributed by atoms with van der Waals surface area (Å²) in [5.74, 6) is 0. The lowest BCUT2D eigenvalue weighted by molar-refractivity contribution is 0.281. The zero-order valence-corrected chi connectivity index (χ0v) is 13.8. The molecule has 0 atom stereocenters. The lowest BCUT2D eigenvalue weighted by Crippen LogP contribution is -2.37. The van der Waals surface area contributed by atoms with Gasteiger partial charge in [0.15, 0.2) is 0 Å². The molecular weight excluding hydrogens is 330 g/mol. The summed E-state index contributed by atoms with van der Waals surface area (Å²) in [5, 5.41) is 9.15. The van der Waals surface area contributed by atoms with Gasteiger partial charge in [0.05, 0.1) is 11.5 Å². The van der Waals surface area contributed by atoms with E-state index >= 15 is 0 Å². The van der Waals surface area contributed by atoms with E-state index < -0.39 is 10.0 Å². The summed E-state index contributed by atoms with van der Waals surface area (Å²) in [5.41, 5.74) is 0.585. The minimum absolute atomic E-state index is 0.102. The molecule has 0 amide bonds. The standard InChI is InChI=1S/C13H20BrNO3S/c1-4-7-15(10(2)3)19(17,18)13-8-11(9-16)5-6-12(13)14/h5-6,8,10,16H,4,7,9H2,1-3H3. The Balaban J connectivity index is 3.32. The van der Waals surface area contributed by atoms with E-state index in [1.807, 2.05) is 20.8 Å². The number of hydrogen-bond acceptors (Lipinski definition) is 3. The van der Waals surface area contributed by atoms with Crippen molar-refractivity contribution in [2.45, 2.75) is 44.7 Å². The lowest BCUT2D eigenvalue weighted by Gasteiger charge is -2.26. The van der Waals surface area contributed by atoms with E-state index in [4.69, 9.17) is 5.11 Å². The number of rotatable bonds is 6. The molecule has 0 aliphatic heterocycles. The molecule has 4 nitrogen and oxygen atoms in total. The van der Waals surface area contributed by atoms with E-state index in [0.717, 1.165) is 6.42 Å². The van der Waals surface area contributed by atoms with Gasteiger partial charge in [-0.3, -0.25) is 0 Å². The Morgan fingerprint density at radius 1 is 1.37 bits per heavy atom. The number of aliphatic hydroxyl groups is 1. The number of aliphatic hydroxyl groups excluding tert-OH is 1. The summed E-state index contributed by atoms with van der Waals surface area (Å²) in [6.45, 7) is 5.97. The van der Waals surface area contributed by atoms with E-state index in [2.05, 4.69) is 15.9 Å². The van der Waals surface area contributed by atoms with Crippen LogP contribution < -0.4 is 0 Å². The van der Waals surface area contributed by atoms with Gasteiger partial charge >= 0.3 is 0 Å². The SMILES string of the molecule is CCCN(C(C)C)S(=O)(=O)c1cc(CO)ccc1Br. The molecule has 1 rings (SSSR count). The first kappa shape index (κ1) is 16.6. The van der Waals surface area contributed by atoms with Crippen molar-refractivity contribution < 1.29 is 13.5 Å². The van der Waals surface area contributed by atoms with Crippen molar-refractivity contribution in [3.63, 3.8) is 0 Å². The van der Waals surface area contributed by atoms with Crippen LogP contribution in [-0.4, -0.2) is 30.4 Å². The van der Waals surface area contributed by atoms with Gasteiger partial charge in [0, 0.05) is 17.1 Å². The monoisotopic (exact) mass is 349 g/mol. The molecule has 0 unspecified atom stereocenters. The summed E-state index contributed by atoms with van der Waals surface area (Å²) in [6, 6.07) is 4.77. The van der Waals surface area contributed by atoms with Gasteiger partial charge in [-0.2, -0.15) is 4.31 Å². The molecule has 0 aromatic heterocycles. The molecule has 19 heavy (non-hydrogen) atoms. The molecule has 0 saturated carbocycles. The van der Waals surface area contributed by atoms with Gasteiger partial charge in [0.2, 0.25) is 10.0 Å². The van der Waals surface area contributed by atoms with Crippen molar-refractivity contribution in [2.24, 2.45) is 0 Å². The van der Waals surface area contributed by atoms with E-state index in [0.29, 0.717) is 16.6 Å². The summed E-state index contributed by atoms with van der Waals surface area (Å²) in [6.07, 6.45) is 0.759. The van der Waals surface area contributed by atoms with E-state index in [1.165, 1.54) is 10.4 Å². The van der Waals surface area contributed by atoms with Crippen molar-refractivity contribution in [3.8, 4) is 0 Å². The summed E-state index contributed by atoms with van der Waals surface area (Å²) in [4.78, 5) is 0.209. The highest BCUT2D eigenvalue weighted by atomic mass is 79.9. The van der Waals surface area contributed by atoms with Crippen LogP contribution in [0.4, 0.5) is 0 Å². The minimum Gasteiger partial charge on any atom is -0.392 e. The van der Waals surface area contributed by atoms with Crippen molar-refractivity contribution in [2.75, 3.05) is 6.54 Å². The van der Waals surface area contributed by atoms with Crippen LogP contribution in [0.3, 0.4) is 0 Å². The van der Waals surface area contributed by atoms with Crippen LogP contribution in [0.2, 0.25) is 0 Å². The Morgan fingerprint density at radius 2 is 2.00 bits per heavy atom. The Bertz CT molecular complexity index is 529. The molecular formula is C13H20BrNO3S. The van der Waals surface area contributed by atoms with Crippen molar-refractivity contribution in [3.05, 3.63) is 28.2 Å². The average Bonchev–Trinajstić information content (AvgIpc) is 2.35. The molecule has 6 heteroatoms. The van der Waals surface area contributed by atoms with Crippen molar-refractivity contribution >= 4 is 26.0 Å². The average molecular weight is 350 g/mol. The highest BCUT2D eigenvalue weighted by Crippen LogP contribution is 2.27. The maximum atomic E-state index is 12.7. The number of benzene rings is 1. The number of hydrogen-bond donors (Lipinski definition) is 1. The fraction of sp³-hybridized carbons (Fsp3) is 0.538. The molecule has 1 N–H and O–H groups in total. The van der Waals surface area contributed by atoms with Gasteiger partial charge in [-0.15, -0.1) is 0 Å². The topological polar surface area (TPSA) is 57.6 Å². The van der Waals surface area contributed by atoms with Gasteiger partial charge in [-0.1, -0.05) is 13.0 Å². The minimum atomic E-state index is -3.55. The molecule has 0 radical (unpaired) electrons. The predicted molar refractivity (Wildman–Crippen MR) is 79.4 cm³/mol. The second kappa shape index (κ2) is 6.83. The second-order valence-electron chi connectivity index (χ2n) is 4.63. The Hall–Kier alpha value is -0.430. The van der Waals surface area contributed by atoms with Crippen LogP contribution in [0, 0.1) is 0 Å². The van der Waals surface area contributed by atoms with Crippen LogP contribution in [0.5, 0.6) is 0 Å². The molecule has 0 aliphatic rings. The highest BCUT2D eigenvalue weighted by Gasteiger charge is 2.28. The molecule has 0 bridgehead atoms. The number of halogens is 1. The maximum Gasteiger partial charge on any atom is 0.244 e. The molecule has 0 fully saturated rings. The fourth-order valence-corrected chi connectivity index (χ4v) is 4.55. The van der Waals surface area contributed by atoms with Gasteiger partial charge in [-0.25, -0.2) is 8.42 Å². The first-order valence-corrected chi connectivity index (χ1v) is 8.49. The third-order valence-electron chi connectivity index (χ3n) is 2.78. The molecule has 0 spiro atoms. The molecule has 0 aliphatic carbocycles. The van der Waals surface area contributed by atoms with Gasteiger partial charge < -0.3 is 5.11 Å². The largest absolute Gasteiger partial charge is 0.392 e. The number of nitrogens with zero attached hydrogens (tertiary/aromatic N) is 1. The molecule has 0 heterocycles. The van der Waals surface area contributed by atoms with Gasteiger partial charge in [-0.05, 0) is 53.9 Å². The molecule has 0 saturated heterocycles. The smallest absolute Gasteiger partial charge is 0.244 e. The zero-order valence-electron chi connectivity index (χ0n) is 11.4. The quantitative estimate of drug-likeness (QED) is 0.858. The van der Waals surface area contributed by atoms with Crippen LogP contribution >= 0.6 is 15.9 Å². The molecule has 1 aromatic carbocycles. The highest BCUT2D eigenvalue weighted by molar-refractivity contribution is 9.10. The Kier molecular flexibility index (Phi) is 5.98. The third kappa shape index (κ3) is 3.78. The van der Waals surface area contributed by atoms with E-state index in [-0.39, 0.29) is 17.5 Å². The summed E-state index contributed by atoms with van der Waals surface area (Å²) in [7, 11) is -3.55. The first-order valence-electron chi connectivity index (χ1n) is 6.25. The normalized spacial score (nSPS) is 12.4. The number of sulfonamides is 1.